The number of hydrogen-bond acceptors (Lipinski definition) is 5. The van der Waals surface area contributed by atoms with E-state index in [9.17, 15) is 13.2 Å². The fourth-order valence-corrected chi connectivity index (χ4v) is 3.45. The molecule has 1 aromatic heterocycles. The fraction of sp³-hybridized carbons (Fsp3) is 0.333. The van der Waals surface area contributed by atoms with Crippen molar-refractivity contribution in [2.24, 2.45) is 0 Å². The zero-order valence-corrected chi connectivity index (χ0v) is 14.9. The van der Waals surface area contributed by atoms with E-state index in [1.807, 2.05) is 17.0 Å². The van der Waals surface area contributed by atoms with Gasteiger partial charge in [0.25, 0.3) is 0 Å². The summed E-state index contributed by atoms with van der Waals surface area (Å²) in [7, 11) is -4.29. The van der Waals surface area contributed by atoms with Crippen LogP contribution < -0.4 is 10.0 Å². The molecule has 24 heavy (non-hydrogen) atoms. The largest absolute Gasteiger partial charge is 0.357 e. The van der Waals surface area contributed by atoms with Gasteiger partial charge < -0.3 is 5.32 Å². The first-order valence-corrected chi connectivity index (χ1v) is 9.64. The molecule has 0 aliphatic rings. The van der Waals surface area contributed by atoms with Crippen LogP contribution in [0.15, 0.2) is 29.6 Å². The van der Waals surface area contributed by atoms with E-state index in [0.29, 0.717) is 6.42 Å². The molecule has 0 fully saturated rings. The first kappa shape index (κ1) is 18.4. The van der Waals surface area contributed by atoms with Crippen molar-refractivity contribution >= 4 is 33.2 Å². The molecule has 0 bridgehead atoms. The normalized spacial score (nSPS) is 12.6. The lowest BCUT2D eigenvalue weighted by Gasteiger charge is -2.16. The van der Waals surface area contributed by atoms with Crippen molar-refractivity contribution in [3.05, 3.63) is 45.9 Å². The van der Waals surface area contributed by atoms with Crippen LogP contribution in [-0.4, -0.2) is 23.9 Å². The minimum Gasteiger partial charge on any atom is -0.348 e. The number of benzene rings is 1. The van der Waals surface area contributed by atoms with E-state index in [1.165, 1.54) is 6.92 Å². The lowest BCUT2D eigenvalue weighted by Crippen LogP contribution is -2.28. The number of anilines is 1. The third-order valence-corrected chi connectivity index (χ3v) is 4.75. The van der Waals surface area contributed by atoms with Gasteiger partial charge in [-0.3, -0.25) is 14.1 Å². The van der Waals surface area contributed by atoms with Gasteiger partial charge in [0.05, 0.1) is 22.4 Å². The summed E-state index contributed by atoms with van der Waals surface area (Å²) in [4.78, 5) is 16.0. The van der Waals surface area contributed by atoms with Gasteiger partial charge >= 0.3 is 10.3 Å². The quantitative estimate of drug-likeness (QED) is 0.649. The number of rotatable bonds is 7. The highest BCUT2D eigenvalue weighted by Gasteiger charge is 2.17. The Bertz CT molecular complexity index is 800. The number of thiazole rings is 1. The summed E-state index contributed by atoms with van der Waals surface area (Å²) >= 11 is 1.56. The highest BCUT2D eigenvalue weighted by atomic mass is 32.2. The second-order valence-electron chi connectivity index (χ2n) is 5.25. The highest BCUT2D eigenvalue weighted by Crippen LogP contribution is 2.22. The third-order valence-electron chi connectivity index (χ3n) is 3.25. The van der Waals surface area contributed by atoms with Gasteiger partial charge in [-0.15, -0.1) is 11.3 Å². The van der Waals surface area contributed by atoms with Crippen LogP contribution in [0.1, 0.15) is 36.2 Å². The summed E-state index contributed by atoms with van der Waals surface area (Å²) in [6.45, 7) is 3.48. The zero-order chi connectivity index (χ0) is 17.7. The lowest BCUT2D eigenvalue weighted by atomic mass is 10.0. The third kappa shape index (κ3) is 5.59. The predicted molar refractivity (Wildman–Crippen MR) is 93.4 cm³/mol. The summed E-state index contributed by atoms with van der Waals surface area (Å²) in [6.07, 6.45) is 1.37. The molecule has 1 aromatic carbocycles. The van der Waals surface area contributed by atoms with Crippen LogP contribution in [0.2, 0.25) is 0 Å². The van der Waals surface area contributed by atoms with Crippen LogP contribution in [0, 0.1) is 0 Å². The van der Waals surface area contributed by atoms with Crippen molar-refractivity contribution in [1.82, 2.24) is 10.3 Å². The molecule has 0 saturated carbocycles. The average Bonchev–Trinajstić information content (AvgIpc) is 2.95. The van der Waals surface area contributed by atoms with Crippen LogP contribution in [0.3, 0.4) is 0 Å². The summed E-state index contributed by atoms with van der Waals surface area (Å²) in [5.41, 5.74) is 1.98. The minimum absolute atomic E-state index is 0.143. The van der Waals surface area contributed by atoms with Gasteiger partial charge in [0.1, 0.15) is 0 Å². The van der Waals surface area contributed by atoms with E-state index >= 15 is 0 Å². The number of carbonyl (C=O) groups excluding carboxylic acids is 1. The van der Waals surface area contributed by atoms with Crippen molar-refractivity contribution < 1.29 is 17.8 Å². The molecule has 0 radical (unpaired) electrons. The Balaban J connectivity index is 2.15. The molecular weight excluding hydrogens is 350 g/mol. The molecule has 0 unspecified atom stereocenters. The first-order valence-electron chi connectivity index (χ1n) is 7.32. The first-order chi connectivity index (χ1) is 11.3. The Labute approximate surface area is 145 Å². The van der Waals surface area contributed by atoms with Crippen molar-refractivity contribution in [3.63, 3.8) is 0 Å². The number of aromatic nitrogens is 1. The van der Waals surface area contributed by atoms with Gasteiger partial charge in [-0.25, -0.2) is 4.98 Å². The summed E-state index contributed by atoms with van der Waals surface area (Å²) in [5.74, 6) is -0.143. The van der Waals surface area contributed by atoms with Gasteiger partial charge in [0.15, 0.2) is 0 Å². The molecule has 1 heterocycles. The minimum atomic E-state index is -4.29. The van der Waals surface area contributed by atoms with Crippen molar-refractivity contribution in [2.45, 2.75) is 32.7 Å². The van der Waals surface area contributed by atoms with Gasteiger partial charge in [0, 0.05) is 12.3 Å². The van der Waals surface area contributed by atoms with E-state index in [0.717, 1.165) is 22.7 Å². The molecule has 0 aliphatic carbocycles. The molecule has 1 amide bonds. The second-order valence-corrected chi connectivity index (χ2v) is 7.35. The van der Waals surface area contributed by atoms with Crippen molar-refractivity contribution in [3.8, 4) is 0 Å². The van der Waals surface area contributed by atoms with Crippen LogP contribution >= 0.6 is 11.3 Å². The summed E-state index contributed by atoms with van der Waals surface area (Å²) < 4.78 is 32.3. The SMILES string of the molecule is CCc1nc([C@H](Cc2ccc(NS(=O)(=O)O)cc2)NC(C)=O)cs1. The van der Waals surface area contributed by atoms with Gasteiger partial charge in [0.2, 0.25) is 5.91 Å². The number of aryl methyl sites for hydroxylation is 1. The number of carbonyl (C=O) groups is 1. The van der Waals surface area contributed by atoms with E-state index < -0.39 is 10.3 Å². The van der Waals surface area contributed by atoms with Crippen LogP contribution in [0.25, 0.3) is 0 Å². The van der Waals surface area contributed by atoms with Crippen molar-refractivity contribution in [1.29, 1.82) is 0 Å². The Hall–Kier alpha value is -1.97. The van der Waals surface area contributed by atoms with E-state index in [-0.39, 0.29) is 17.6 Å². The smallest absolute Gasteiger partial charge is 0.348 e. The summed E-state index contributed by atoms with van der Waals surface area (Å²) in [5, 5.41) is 5.83. The lowest BCUT2D eigenvalue weighted by molar-refractivity contribution is -0.119. The maximum atomic E-state index is 11.5. The van der Waals surface area contributed by atoms with Gasteiger partial charge in [-0.1, -0.05) is 19.1 Å². The van der Waals surface area contributed by atoms with E-state index in [1.54, 1.807) is 35.6 Å². The maximum Gasteiger partial charge on any atom is 0.357 e. The molecule has 0 saturated heterocycles. The topological polar surface area (TPSA) is 108 Å². The fourth-order valence-electron chi connectivity index (χ4n) is 2.22. The maximum absolute atomic E-state index is 11.5. The summed E-state index contributed by atoms with van der Waals surface area (Å²) in [6, 6.07) is 6.31. The average molecular weight is 369 g/mol. The Morgan fingerprint density at radius 1 is 1.33 bits per heavy atom. The van der Waals surface area contributed by atoms with Crippen LogP contribution in [-0.2, 0) is 27.9 Å². The Morgan fingerprint density at radius 2 is 2.00 bits per heavy atom. The molecule has 2 rings (SSSR count). The molecule has 130 valence electrons. The zero-order valence-electron chi connectivity index (χ0n) is 13.3. The molecule has 0 spiro atoms. The number of amides is 1. The van der Waals surface area contributed by atoms with E-state index in [2.05, 4.69) is 10.3 Å². The Morgan fingerprint density at radius 3 is 2.50 bits per heavy atom. The second kappa shape index (κ2) is 7.73. The van der Waals surface area contributed by atoms with Gasteiger partial charge in [-0.2, -0.15) is 8.42 Å². The van der Waals surface area contributed by atoms with E-state index in [4.69, 9.17) is 4.55 Å². The molecule has 3 N–H and O–H groups in total. The number of nitrogens with zero attached hydrogens (tertiary/aromatic N) is 1. The monoisotopic (exact) mass is 369 g/mol. The van der Waals surface area contributed by atoms with Crippen LogP contribution in [0.5, 0.6) is 0 Å². The van der Waals surface area contributed by atoms with Crippen molar-refractivity contribution in [2.75, 3.05) is 4.72 Å². The molecular formula is C15H19N3O4S2. The number of nitrogens with one attached hydrogen (secondary N) is 2. The number of hydrogen-bond donors (Lipinski definition) is 3. The predicted octanol–water partition coefficient (Wildman–Crippen LogP) is 2.34. The standard InChI is InChI=1S/C15H19N3O4S2/c1-3-15-17-14(9-23-15)13(16-10(2)19)8-11-4-6-12(7-5-11)18-24(20,21)22/h4-7,9,13,18H,3,8H2,1-2H3,(H,16,19)(H,20,21,22)/t13-/m0/s1. The molecule has 1 atom stereocenters. The highest BCUT2D eigenvalue weighted by molar-refractivity contribution is 7.87. The molecule has 0 aliphatic heterocycles. The molecule has 7 nitrogen and oxygen atoms in total. The molecule has 9 heteroatoms. The van der Waals surface area contributed by atoms with Gasteiger partial charge in [-0.05, 0) is 30.5 Å². The molecule has 2 aromatic rings. The van der Waals surface area contributed by atoms with Crippen LogP contribution in [0.4, 0.5) is 5.69 Å². The Kier molecular flexibility index (Phi) is 5.92.